The first-order chi connectivity index (χ1) is 11.7. The van der Waals surface area contributed by atoms with Crippen molar-refractivity contribution in [3.05, 3.63) is 47.1 Å². The Kier molecular flexibility index (Phi) is 3.86. The number of amides is 1. The summed E-state index contributed by atoms with van der Waals surface area (Å²) in [7, 11) is 0. The van der Waals surface area contributed by atoms with Gasteiger partial charge in [-0.3, -0.25) is 4.79 Å². The number of anilines is 1. The number of aromatic nitrogens is 3. The second-order valence-corrected chi connectivity index (χ2v) is 6.77. The van der Waals surface area contributed by atoms with Crippen LogP contribution in [0.2, 0.25) is 0 Å². The van der Waals surface area contributed by atoms with Crippen LogP contribution >= 0.6 is 11.5 Å². The van der Waals surface area contributed by atoms with Crippen LogP contribution in [-0.4, -0.2) is 44.3 Å². The van der Waals surface area contributed by atoms with Gasteiger partial charge in [-0.1, -0.05) is 18.2 Å². The average Bonchev–Trinajstić information content (AvgIpc) is 3.23. The molecule has 1 unspecified atom stereocenters. The van der Waals surface area contributed by atoms with Crippen molar-refractivity contribution in [1.29, 1.82) is 0 Å². The first-order valence-electron chi connectivity index (χ1n) is 7.89. The highest BCUT2D eigenvalue weighted by atomic mass is 32.1. The number of carbonyl (C=O) groups excluding carboxylic acids is 1. The molecule has 0 bridgehead atoms. The normalized spacial score (nSPS) is 17.4. The van der Waals surface area contributed by atoms with E-state index in [1.165, 1.54) is 11.5 Å². The summed E-state index contributed by atoms with van der Waals surface area (Å²) in [5.41, 5.74) is 1.86. The van der Waals surface area contributed by atoms with Crippen molar-refractivity contribution < 1.29 is 4.79 Å². The highest BCUT2D eigenvalue weighted by Crippen LogP contribution is 2.21. The molecule has 7 heteroatoms. The topological polar surface area (TPSA) is 71.0 Å². The van der Waals surface area contributed by atoms with Crippen LogP contribution in [0.5, 0.6) is 0 Å². The summed E-state index contributed by atoms with van der Waals surface area (Å²) < 4.78 is 4.09. The summed E-state index contributed by atoms with van der Waals surface area (Å²) in [4.78, 5) is 24.1. The van der Waals surface area contributed by atoms with E-state index in [-0.39, 0.29) is 11.9 Å². The number of likely N-dealkylation sites (tertiary alicyclic amines) is 1. The Labute approximate surface area is 143 Å². The molecule has 0 aliphatic carbocycles. The quantitative estimate of drug-likeness (QED) is 0.794. The van der Waals surface area contributed by atoms with Crippen molar-refractivity contribution in [2.75, 3.05) is 18.4 Å². The predicted octanol–water partition coefficient (Wildman–Crippen LogP) is 2.72. The molecule has 1 saturated heterocycles. The zero-order chi connectivity index (χ0) is 16.5. The molecule has 2 aromatic heterocycles. The van der Waals surface area contributed by atoms with Crippen molar-refractivity contribution in [3.8, 4) is 0 Å². The molecule has 4 rings (SSSR count). The van der Waals surface area contributed by atoms with E-state index in [0.29, 0.717) is 12.5 Å². The summed E-state index contributed by atoms with van der Waals surface area (Å²) >= 11 is 1.26. The lowest BCUT2D eigenvalue weighted by molar-refractivity contribution is 0.0795. The van der Waals surface area contributed by atoms with Crippen LogP contribution in [0.4, 0.5) is 5.95 Å². The van der Waals surface area contributed by atoms with Crippen molar-refractivity contribution >= 4 is 34.3 Å². The fourth-order valence-corrected chi connectivity index (χ4v) is 3.65. The average molecular weight is 339 g/mol. The highest BCUT2D eigenvalue weighted by Gasteiger charge is 2.28. The second-order valence-electron chi connectivity index (χ2n) is 5.97. The van der Waals surface area contributed by atoms with Gasteiger partial charge in [0, 0.05) is 36.9 Å². The molecule has 1 aromatic carbocycles. The van der Waals surface area contributed by atoms with E-state index in [1.54, 1.807) is 6.20 Å². The Morgan fingerprint density at radius 2 is 2.21 bits per heavy atom. The molecular weight excluding hydrogens is 322 g/mol. The number of nitrogens with one attached hydrogen (secondary N) is 1. The molecule has 122 valence electrons. The van der Waals surface area contributed by atoms with Gasteiger partial charge in [0.2, 0.25) is 5.95 Å². The van der Waals surface area contributed by atoms with Gasteiger partial charge in [-0.15, -0.1) is 0 Å². The van der Waals surface area contributed by atoms with Gasteiger partial charge in [0.25, 0.3) is 5.91 Å². The molecule has 1 N–H and O–H groups in total. The summed E-state index contributed by atoms with van der Waals surface area (Å²) in [6.07, 6.45) is 4.45. The molecule has 3 aromatic rings. The first-order valence-corrected chi connectivity index (χ1v) is 8.67. The van der Waals surface area contributed by atoms with E-state index in [0.717, 1.165) is 34.3 Å². The molecule has 6 nitrogen and oxygen atoms in total. The minimum absolute atomic E-state index is 0.0683. The van der Waals surface area contributed by atoms with Gasteiger partial charge in [-0.2, -0.15) is 0 Å². The molecule has 0 radical (unpaired) electrons. The zero-order valence-electron chi connectivity index (χ0n) is 13.3. The number of carbonyl (C=O) groups is 1. The molecule has 1 atom stereocenters. The van der Waals surface area contributed by atoms with Crippen LogP contribution in [0.25, 0.3) is 10.9 Å². The Hall–Kier alpha value is -2.54. The largest absolute Gasteiger partial charge is 0.350 e. The molecule has 1 amide bonds. The number of aryl methyl sites for hydroxylation is 1. The molecule has 3 heterocycles. The summed E-state index contributed by atoms with van der Waals surface area (Å²) in [5.74, 6) is 0.681. The maximum Gasteiger partial charge on any atom is 0.265 e. The lowest BCUT2D eigenvalue weighted by Crippen LogP contribution is -2.31. The van der Waals surface area contributed by atoms with Gasteiger partial charge in [0.05, 0.1) is 5.52 Å². The number of fused-ring (bicyclic) bond motifs is 1. The van der Waals surface area contributed by atoms with E-state index in [9.17, 15) is 4.79 Å². The summed E-state index contributed by atoms with van der Waals surface area (Å²) in [5, 5.41) is 4.37. The molecule has 1 aliphatic heterocycles. The third kappa shape index (κ3) is 2.82. The Bertz CT molecular complexity index is 893. The highest BCUT2D eigenvalue weighted by molar-refractivity contribution is 7.08. The van der Waals surface area contributed by atoms with E-state index in [2.05, 4.69) is 19.7 Å². The number of nitrogens with zero attached hydrogens (tertiary/aromatic N) is 4. The van der Waals surface area contributed by atoms with Crippen molar-refractivity contribution in [1.82, 2.24) is 19.2 Å². The third-order valence-corrected chi connectivity index (χ3v) is 5.13. The van der Waals surface area contributed by atoms with Gasteiger partial charge in [-0.05, 0) is 36.5 Å². The predicted molar refractivity (Wildman–Crippen MR) is 94.3 cm³/mol. The second kappa shape index (κ2) is 6.16. The van der Waals surface area contributed by atoms with E-state index >= 15 is 0 Å². The Morgan fingerprint density at radius 1 is 1.33 bits per heavy atom. The number of para-hydroxylation sites is 1. The minimum atomic E-state index is 0.0683. The monoisotopic (exact) mass is 339 g/mol. The van der Waals surface area contributed by atoms with Gasteiger partial charge < -0.3 is 10.2 Å². The van der Waals surface area contributed by atoms with E-state index in [4.69, 9.17) is 0 Å². The third-order valence-electron chi connectivity index (χ3n) is 4.24. The standard InChI is InChI=1S/C17H17N5OS/c1-11-8-19-24-15(11)16(23)22-7-6-13(10-22)20-17-18-9-12-4-2-3-5-14(12)21-17/h2-5,8-9,13H,6-7,10H2,1H3,(H,18,20,21). The summed E-state index contributed by atoms with van der Waals surface area (Å²) in [6, 6.07) is 8.07. The zero-order valence-corrected chi connectivity index (χ0v) is 14.1. The fourth-order valence-electron chi connectivity index (χ4n) is 2.93. The fraction of sp³-hybridized carbons (Fsp3) is 0.294. The first kappa shape index (κ1) is 15.0. The van der Waals surface area contributed by atoms with E-state index < -0.39 is 0 Å². The SMILES string of the molecule is Cc1cnsc1C(=O)N1CCC(Nc2ncc3ccccc3n2)C1. The van der Waals surface area contributed by atoms with Gasteiger partial charge >= 0.3 is 0 Å². The Balaban J connectivity index is 1.45. The van der Waals surface area contributed by atoms with Crippen LogP contribution in [-0.2, 0) is 0 Å². The maximum atomic E-state index is 12.5. The van der Waals surface area contributed by atoms with Crippen molar-refractivity contribution in [2.24, 2.45) is 0 Å². The van der Waals surface area contributed by atoms with Crippen LogP contribution in [0, 0.1) is 6.92 Å². The Morgan fingerprint density at radius 3 is 3.04 bits per heavy atom. The molecule has 24 heavy (non-hydrogen) atoms. The number of rotatable bonds is 3. The number of hydrogen-bond donors (Lipinski definition) is 1. The van der Waals surface area contributed by atoms with Crippen molar-refractivity contribution in [3.63, 3.8) is 0 Å². The van der Waals surface area contributed by atoms with Gasteiger partial charge in [0.1, 0.15) is 4.88 Å². The number of hydrogen-bond acceptors (Lipinski definition) is 6. The summed E-state index contributed by atoms with van der Waals surface area (Å²) in [6.45, 7) is 3.32. The maximum absolute atomic E-state index is 12.5. The van der Waals surface area contributed by atoms with E-state index in [1.807, 2.05) is 42.3 Å². The molecular formula is C17H17N5OS. The van der Waals surface area contributed by atoms with Crippen LogP contribution in [0.1, 0.15) is 21.7 Å². The van der Waals surface area contributed by atoms with Gasteiger partial charge in [-0.25, -0.2) is 14.3 Å². The molecule has 1 fully saturated rings. The van der Waals surface area contributed by atoms with Crippen molar-refractivity contribution in [2.45, 2.75) is 19.4 Å². The van der Waals surface area contributed by atoms with Crippen LogP contribution in [0.15, 0.2) is 36.7 Å². The van der Waals surface area contributed by atoms with Gasteiger partial charge in [0.15, 0.2) is 0 Å². The smallest absolute Gasteiger partial charge is 0.265 e. The van der Waals surface area contributed by atoms with Crippen LogP contribution < -0.4 is 5.32 Å². The lowest BCUT2D eigenvalue weighted by Gasteiger charge is -2.16. The molecule has 1 aliphatic rings. The molecule has 0 saturated carbocycles. The van der Waals surface area contributed by atoms with Crippen LogP contribution in [0.3, 0.4) is 0 Å². The lowest BCUT2D eigenvalue weighted by atomic mass is 10.2. The number of benzene rings is 1. The minimum Gasteiger partial charge on any atom is -0.350 e. The molecule has 0 spiro atoms.